The Kier molecular flexibility index (Phi) is 3.84. The second-order valence-corrected chi connectivity index (χ2v) is 3.47. The molecule has 0 spiro atoms. The molecule has 0 aliphatic rings. The van der Waals surface area contributed by atoms with Crippen LogP contribution in [0.4, 0.5) is 8.78 Å². The van der Waals surface area contributed by atoms with Crippen LogP contribution in [0.25, 0.3) is 0 Å². The number of rotatable bonds is 3. The fraction of sp³-hybridized carbons (Fsp3) is 0.400. The highest BCUT2D eigenvalue weighted by Gasteiger charge is 2.12. The molecule has 1 rings (SSSR count). The number of hydrogen-bond acceptors (Lipinski definition) is 1. The number of hydrogen-bond donors (Lipinski definition) is 1. The molecule has 0 aliphatic heterocycles. The van der Waals surface area contributed by atoms with Gasteiger partial charge in [0.2, 0.25) is 0 Å². The van der Waals surface area contributed by atoms with Crippen molar-refractivity contribution in [1.29, 1.82) is 0 Å². The van der Waals surface area contributed by atoms with Crippen LogP contribution in [-0.2, 0) is 0 Å². The van der Waals surface area contributed by atoms with Gasteiger partial charge >= 0.3 is 0 Å². The molecule has 0 fully saturated rings. The SMILES string of the molecule is CCNC(C)c1cc(F)c(F)cc1Cl. The number of benzene rings is 1. The minimum Gasteiger partial charge on any atom is -0.310 e. The molecule has 0 aliphatic carbocycles. The quantitative estimate of drug-likeness (QED) is 0.770. The van der Waals surface area contributed by atoms with E-state index in [2.05, 4.69) is 5.32 Å². The zero-order chi connectivity index (χ0) is 10.7. The van der Waals surface area contributed by atoms with E-state index in [-0.39, 0.29) is 11.1 Å². The minimum atomic E-state index is -0.914. The van der Waals surface area contributed by atoms with Crippen molar-refractivity contribution in [3.8, 4) is 0 Å². The molecule has 1 unspecified atom stereocenters. The van der Waals surface area contributed by atoms with Gasteiger partial charge in [-0.15, -0.1) is 0 Å². The second kappa shape index (κ2) is 4.71. The summed E-state index contributed by atoms with van der Waals surface area (Å²) in [5.74, 6) is -1.78. The Hall–Kier alpha value is -0.670. The average Bonchev–Trinajstić information content (AvgIpc) is 2.11. The molecule has 0 aromatic heterocycles. The molecule has 1 aromatic carbocycles. The molecule has 4 heteroatoms. The lowest BCUT2D eigenvalue weighted by atomic mass is 10.1. The van der Waals surface area contributed by atoms with Crippen molar-refractivity contribution >= 4 is 11.6 Å². The van der Waals surface area contributed by atoms with Crippen LogP contribution in [0.5, 0.6) is 0 Å². The topological polar surface area (TPSA) is 12.0 Å². The van der Waals surface area contributed by atoms with Crippen LogP contribution >= 0.6 is 11.6 Å². The monoisotopic (exact) mass is 219 g/mol. The van der Waals surface area contributed by atoms with Crippen LogP contribution in [0.2, 0.25) is 5.02 Å². The summed E-state index contributed by atoms with van der Waals surface area (Å²) in [6.45, 7) is 4.53. The van der Waals surface area contributed by atoms with Gasteiger partial charge in [-0.1, -0.05) is 18.5 Å². The second-order valence-electron chi connectivity index (χ2n) is 3.07. The molecule has 78 valence electrons. The molecule has 14 heavy (non-hydrogen) atoms. The van der Waals surface area contributed by atoms with Crippen LogP contribution in [0, 0.1) is 11.6 Å². The van der Waals surface area contributed by atoms with Crippen molar-refractivity contribution in [3.63, 3.8) is 0 Å². The van der Waals surface area contributed by atoms with E-state index in [0.29, 0.717) is 5.56 Å². The maximum absolute atomic E-state index is 12.9. The zero-order valence-corrected chi connectivity index (χ0v) is 8.83. The summed E-state index contributed by atoms with van der Waals surface area (Å²) in [5.41, 5.74) is 0.576. The highest BCUT2D eigenvalue weighted by Crippen LogP contribution is 2.25. The highest BCUT2D eigenvalue weighted by molar-refractivity contribution is 6.31. The van der Waals surface area contributed by atoms with Crippen molar-refractivity contribution in [2.75, 3.05) is 6.54 Å². The summed E-state index contributed by atoms with van der Waals surface area (Å²) in [7, 11) is 0. The molecule has 0 bridgehead atoms. The fourth-order valence-electron chi connectivity index (χ4n) is 1.29. The third-order valence-corrected chi connectivity index (χ3v) is 2.34. The normalized spacial score (nSPS) is 12.9. The third kappa shape index (κ3) is 2.42. The molecule has 0 saturated heterocycles. The van der Waals surface area contributed by atoms with Gasteiger partial charge in [-0.25, -0.2) is 8.78 Å². The molecule has 1 N–H and O–H groups in total. The van der Waals surface area contributed by atoms with Gasteiger partial charge in [-0.2, -0.15) is 0 Å². The molecule has 1 atom stereocenters. The van der Waals surface area contributed by atoms with Crippen molar-refractivity contribution < 1.29 is 8.78 Å². The van der Waals surface area contributed by atoms with Gasteiger partial charge in [-0.3, -0.25) is 0 Å². The maximum atomic E-state index is 12.9. The summed E-state index contributed by atoms with van der Waals surface area (Å²) in [5, 5.41) is 3.32. The van der Waals surface area contributed by atoms with Crippen LogP contribution in [0.3, 0.4) is 0 Å². The van der Waals surface area contributed by atoms with E-state index in [0.717, 1.165) is 18.7 Å². The Labute approximate surface area is 87.1 Å². The molecule has 0 radical (unpaired) electrons. The first kappa shape index (κ1) is 11.4. The van der Waals surface area contributed by atoms with E-state index in [9.17, 15) is 8.78 Å². The molecule has 1 aromatic rings. The Bertz CT molecular complexity index is 328. The summed E-state index contributed by atoms with van der Waals surface area (Å²) in [6, 6.07) is 2.05. The predicted molar refractivity (Wildman–Crippen MR) is 53.5 cm³/mol. The Morgan fingerprint density at radius 2 is 1.93 bits per heavy atom. The van der Waals surface area contributed by atoms with Gasteiger partial charge in [0.1, 0.15) is 0 Å². The van der Waals surface area contributed by atoms with E-state index in [1.807, 2.05) is 13.8 Å². The highest BCUT2D eigenvalue weighted by atomic mass is 35.5. The summed E-state index contributed by atoms with van der Waals surface area (Å²) in [4.78, 5) is 0. The van der Waals surface area contributed by atoms with Crippen molar-refractivity contribution in [1.82, 2.24) is 5.32 Å². The van der Waals surface area contributed by atoms with Gasteiger partial charge < -0.3 is 5.32 Å². The lowest BCUT2D eigenvalue weighted by Gasteiger charge is -2.14. The first-order chi connectivity index (χ1) is 6.56. The maximum Gasteiger partial charge on any atom is 0.160 e. The minimum absolute atomic E-state index is 0.0809. The van der Waals surface area contributed by atoms with Crippen molar-refractivity contribution in [3.05, 3.63) is 34.4 Å². The van der Waals surface area contributed by atoms with E-state index in [4.69, 9.17) is 11.6 Å². The lowest BCUT2D eigenvalue weighted by Crippen LogP contribution is -2.18. The van der Waals surface area contributed by atoms with Gasteiger partial charge in [0.05, 0.1) is 0 Å². The van der Waals surface area contributed by atoms with Crippen molar-refractivity contribution in [2.24, 2.45) is 0 Å². The molecule has 0 saturated carbocycles. The van der Waals surface area contributed by atoms with Crippen LogP contribution in [0.1, 0.15) is 25.5 Å². The van der Waals surface area contributed by atoms with Crippen molar-refractivity contribution in [2.45, 2.75) is 19.9 Å². The van der Waals surface area contributed by atoms with Gasteiger partial charge in [0, 0.05) is 11.1 Å². The first-order valence-corrected chi connectivity index (χ1v) is 4.81. The summed E-state index contributed by atoms with van der Waals surface area (Å²) < 4.78 is 25.6. The summed E-state index contributed by atoms with van der Waals surface area (Å²) in [6.07, 6.45) is 0. The zero-order valence-electron chi connectivity index (χ0n) is 8.07. The fourth-order valence-corrected chi connectivity index (χ4v) is 1.60. The Morgan fingerprint density at radius 1 is 1.36 bits per heavy atom. The standard InChI is InChI=1S/C10H12ClF2N/c1-3-14-6(2)7-4-9(12)10(13)5-8(7)11/h4-6,14H,3H2,1-2H3. The van der Waals surface area contributed by atoms with E-state index < -0.39 is 11.6 Å². The molecule has 1 nitrogen and oxygen atoms in total. The Morgan fingerprint density at radius 3 is 2.50 bits per heavy atom. The number of nitrogens with one attached hydrogen (secondary N) is 1. The van der Waals surface area contributed by atoms with Gasteiger partial charge in [-0.05, 0) is 31.2 Å². The van der Waals surface area contributed by atoms with Gasteiger partial charge in [0.25, 0.3) is 0 Å². The van der Waals surface area contributed by atoms with Crippen LogP contribution in [-0.4, -0.2) is 6.54 Å². The largest absolute Gasteiger partial charge is 0.310 e. The van der Waals surface area contributed by atoms with E-state index in [1.165, 1.54) is 0 Å². The molecular formula is C10H12ClF2N. The first-order valence-electron chi connectivity index (χ1n) is 4.44. The van der Waals surface area contributed by atoms with E-state index in [1.54, 1.807) is 0 Å². The van der Waals surface area contributed by atoms with E-state index >= 15 is 0 Å². The molecule has 0 amide bonds. The van der Waals surface area contributed by atoms with Crippen LogP contribution in [0.15, 0.2) is 12.1 Å². The smallest absolute Gasteiger partial charge is 0.160 e. The van der Waals surface area contributed by atoms with Crippen LogP contribution < -0.4 is 5.32 Å². The van der Waals surface area contributed by atoms with Gasteiger partial charge in [0.15, 0.2) is 11.6 Å². The summed E-state index contributed by atoms with van der Waals surface area (Å²) >= 11 is 5.79. The number of halogens is 3. The predicted octanol–water partition coefficient (Wildman–Crippen LogP) is 3.29. The third-order valence-electron chi connectivity index (χ3n) is 2.02. The molecular weight excluding hydrogens is 208 g/mol. The molecule has 0 heterocycles. The lowest BCUT2D eigenvalue weighted by molar-refractivity contribution is 0.502. The Balaban J connectivity index is 3.02. The average molecular weight is 220 g/mol.